The van der Waals surface area contributed by atoms with Crippen molar-refractivity contribution in [3.8, 4) is 5.75 Å². The molecule has 2 amide bonds. The van der Waals surface area contributed by atoms with Crippen LogP contribution in [0.5, 0.6) is 5.75 Å². The first-order valence-corrected chi connectivity index (χ1v) is 12.4. The quantitative estimate of drug-likeness (QED) is 0.571. The van der Waals surface area contributed by atoms with Gasteiger partial charge in [-0.25, -0.2) is 18.7 Å². The van der Waals surface area contributed by atoms with Crippen molar-refractivity contribution in [2.75, 3.05) is 20.2 Å². The average molecular weight is 490 g/mol. The maximum Gasteiger partial charge on any atom is 0.407 e. The van der Waals surface area contributed by atoms with E-state index in [1.807, 2.05) is 30.3 Å². The van der Waals surface area contributed by atoms with Crippen LogP contribution in [0.4, 0.5) is 4.79 Å². The third kappa shape index (κ3) is 4.86. The van der Waals surface area contributed by atoms with Gasteiger partial charge in [-0.2, -0.15) is 4.31 Å². The number of methoxy groups -OCH3 is 1. The van der Waals surface area contributed by atoms with Crippen LogP contribution in [-0.2, 0) is 26.3 Å². The van der Waals surface area contributed by atoms with Gasteiger partial charge in [0, 0.05) is 19.1 Å². The normalized spacial score (nSPS) is 22.7. The van der Waals surface area contributed by atoms with Gasteiger partial charge in [0.2, 0.25) is 10.0 Å². The SMILES string of the molecule is COc1ccc(S(=O)(=O)N2[C@H](C(=O)NOCc3ccccc3)C[C@@H]3CCN(C(=O)O)C[C@@H]32)cc1. The molecule has 0 radical (unpaired) electrons. The fraction of sp³-hybridized carbons (Fsp3) is 0.391. The Kier molecular flexibility index (Phi) is 7.05. The Morgan fingerprint density at radius 2 is 1.82 bits per heavy atom. The third-order valence-electron chi connectivity index (χ3n) is 6.34. The largest absolute Gasteiger partial charge is 0.497 e. The number of carbonyl (C=O) groups is 2. The van der Waals surface area contributed by atoms with Gasteiger partial charge >= 0.3 is 6.09 Å². The van der Waals surface area contributed by atoms with E-state index in [4.69, 9.17) is 9.57 Å². The summed E-state index contributed by atoms with van der Waals surface area (Å²) in [6.07, 6.45) is -0.353. The molecule has 34 heavy (non-hydrogen) atoms. The molecule has 0 bridgehead atoms. The number of likely N-dealkylation sites (tertiary alicyclic amines) is 1. The zero-order chi connectivity index (χ0) is 24.3. The Hall–Kier alpha value is -3.15. The van der Waals surface area contributed by atoms with Crippen molar-refractivity contribution in [1.82, 2.24) is 14.7 Å². The molecule has 2 N–H and O–H groups in total. The van der Waals surface area contributed by atoms with Gasteiger partial charge in [-0.3, -0.25) is 9.63 Å². The van der Waals surface area contributed by atoms with Crippen LogP contribution in [0.2, 0.25) is 0 Å². The summed E-state index contributed by atoms with van der Waals surface area (Å²) in [5.74, 6) is -0.227. The maximum absolute atomic E-state index is 13.7. The van der Waals surface area contributed by atoms with Crippen LogP contribution < -0.4 is 10.2 Å². The lowest BCUT2D eigenvalue weighted by Crippen LogP contribution is -2.54. The van der Waals surface area contributed by atoms with Gasteiger partial charge in [-0.15, -0.1) is 0 Å². The van der Waals surface area contributed by atoms with Crippen LogP contribution in [0.15, 0.2) is 59.5 Å². The highest BCUT2D eigenvalue weighted by Gasteiger charge is 2.52. The third-order valence-corrected chi connectivity index (χ3v) is 8.29. The molecule has 2 aromatic rings. The molecule has 3 atom stereocenters. The number of rotatable bonds is 7. The first-order valence-electron chi connectivity index (χ1n) is 10.9. The van der Waals surface area contributed by atoms with Gasteiger partial charge < -0.3 is 14.7 Å². The first kappa shape index (κ1) is 24.0. The molecule has 2 aromatic carbocycles. The van der Waals surface area contributed by atoms with Gasteiger partial charge in [0.25, 0.3) is 5.91 Å². The standard InChI is InChI=1S/C23H27N3O7S/c1-32-18-7-9-19(10-8-18)34(30,31)26-20(13-17-11-12-25(23(28)29)14-21(17)26)22(27)24-33-15-16-5-3-2-4-6-16/h2-10,17,20-21H,11-15H2,1H3,(H,24,27)(H,28,29)/t17-,20-,21-/m0/s1. The first-order chi connectivity index (χ1) is 16.3. The number of sulfonamides is 1. The Morgan fingerprint density at radius 3 is 2.47 bits per heavy atom. The van der Waals surface area contributed by atoms with Crippen LogP contribution in [0.25, 0.3) is 0 Å². The minimum Gasteiger partial charge on any atom is -0.497 e. The molecule has 0 aliphatic carbocycles. The fourth-order valence-corrected chi connectivity index (χ4v) is 6.45. The number of nitrogens with zero attached hydrogens (tertiary/aromatic N) is 2. The number of hydrogen-bond donors (Lipinski definition) is 2. The molecule has 2 aliphatic heterocycles. The predicted molar refractivity (Wildman–Crippen MR) is 121 cm³/mol. The van der Waals surface area contributed by atoms with E-state index in [2.05, 4.69) is 5.48 Å². The number of hydroxylamine groups is 1. The van der Waals surface area contributed by atoms with E-state index >= 15 is 0 Å². The van der Waals surface area contributed by atoms with E-state index in [0.29, 0.717) is 18.7 Å². The topological polar surface area (TPSA) is 125 Å². The average Bonchev–Trinajstić information content (AvgIpc) is 3.24. The molecule has 4 rings (SSSR count). The Labute approximate surface area is 198 Å². The summed E-state index contributed by atoms with van der Waals surface area (Å²) in [6, 6.07) is 13.5. The van der Waals surface area contributed by atoms with Crippen molar-refractivity contribution < 1.29 is 32.7 Å². The molecule has 2 fully saturated rings. The molecular formula is C23H27N3O7S. The monoisotopic (exact) mass is 489 g/mol. The van der Waals surface area contributed by atoms with Gasteiger partial charge in [-0.1, -0.05) is 30.3 Å². The summed E-state index contributed by atoms with van der Waals surface area (Å²) >= 11 is 0. The molecule has 10 nitrogen and oxygen atoms in total. The zero-order valence-corrected chi connectivity index (χ0v) is 19.5. The maximum atomic E-state index is 13.7. The summed E-state index contributed by atoms with van der Waals surface area (Å²) in [5, 5.41) is 9.47. The Bertz CT molecular complexity index is 1130. The lowest BCUT2D eigenvalue weighted by atomic mass is 9.91. The summed E-state index contributed by atoms with van der Waals surface area (Å²) in [7, 11) is -2.63. The summed E-state index contributed by atoms with van der Waals surface area (Å²) < 4.78 is 33.6. The molecule has 182 valence electrons. The second kappa shape index (κ2) is 10.00. The van der Waals surface area contributed by atoms with Crippen LogP contribution in [0.3, 0.4) is 0 Å². The number of fused-ring (bicyclic) bond motifs is 1. The number of carboxylic acid groups (broad SMARTS) is 1. The van der Waals surface area contributed by atoms with E-state index in [1.54, 1.807) is 0 Å². The molecule has 2 heterocycles. The highest BCUT2D eigenvalue weighted by atomic mass is 32.2. The van der Waals surface area contributed by atoms with E-state index in [0.717, 1.165) is 9.87 Å². The van der Waals surface area contributed by atoms with Crippen molar-refractivity contribution in [1.29, 1.82) is 0 Å². The summed E-state index contributed by atoms with van der Waals surface area (Å²) in [5.41, 5.74) is 3.24. The summed E-state index contributed by atoms with van der Waals surface area (Å²) in [6.45, 7) is 0.431. The fourth-order valence-electron chi connectivity index (χ4n) is 4.61. The zero-order valence-electron chi connectivity index (χ0n) is 18.7. The highest BCUT2D eigenvalue weighted by Crippen LogP contribution is 2.40. The molecule has 2 aliphatic rings. The number of ether oxygens (including phenoxy) is 1. The number of hydrogen-bond acceptors (Lipinski definition) is 6. The number of piperidine rings is 1. The van der Waals surface area contributed by atoms with Crippen LogP contribution in [0.1, 0.15) is 18.4 Å². The molecule has 11 heteroatoms. The number of benzene rings is 2. The van der Waals surface area contributed by atoms with Crippen molar-refractivity contribution in [3.05, 3.63) is 60.2 Å². The Balaban J connectivity index is 1.58. The molecule has 2 saturated heterocycles. The van der Waals surface area contributed by atoms with Gasteiger partial charge in [0.05, 0.1) is 18.6 Å². The molecule has 0 spiro atoms. The molecule has 0 unspecified atom stereocenters. The van der Waals surface area contributed by atoms with Gasteiger partial charge in [0.1, 0.15) is 11.8 Å². The minimum atomic E-state index is -4.11. The van der Waals surface area contributed by atoms with E-state index in [1.165, 1.54) is 36.3 Å². The van der Waals surface area contributed by atoms with Gasteiger partial charge in [0.15, 0.2) is 0 Å². The van der Waals surface area contributed by atoms with E-state index in [9.17, 15) is 23.1 Å². The van der Waals surface area contributed by atoms with Gasteiger partial charge in [-0.05, 0) is 48.6 Å². The van der Waals surface area contributed by atoms with E-state index in [-0.39, 0.29) is 30.4 Å². The van der Waals surface area contributed by atoms with Crippen molar-refractivity contribution in [3.63, 3.8) is 0 Å². The van der Waals surface area contributed by atoms with E-state index < -0.39 is 34.1 Å². The molecule has 0 aromatic heterocycles. The van der Waals surface area contributed by atoms with Crippen molar-refractivity contribution >= 4 is 22.0 Å². The highest BCUT2D eigenvalue weighted by molar-refractivity contribution is 7.89. The number of carbonyl (C=O) groups excluding carboxylic acids is 1. The number of amides is 2. The van der Waals surface area contributed by atoms with Crippen LogP contribution >= 0.6 is 0 Å². The predicted octanol–water partition coefficient (Wildman–Crippen LogP) is 2.07. The lowest BCUT2D eigenvalue weighted by Gasteiger charge is -2.37. The second-order valence-electron chi connectivity index (χ2n) is 8.35. The van der Waals surface area contributed by atoms with Crippen LogP contribution in [0, 0.1) is 5.92 Å². The molecular weight excluding hydrogens is 462 g/mol. The van der Waals surface area contributed by atoms with Crippen molar-refractivity contribution in [2.24, 2.45) is 5.92 Å². The molecule has 0 saturated carbocycles. The second-order valence-corrected chi connectivity index (χ2v) is 10.2. The lowest BCUT2D eigenvalue weighted by molar-refractivity contribution is -0.138. The minimum absolute atomic E-state index is 0.00401. The Morgan fingerprint density at radius 1 is 1.12 bits per heavy atom. The van der Waals surface area contributed by atoms with Crippen LogP contribution in [-0.4, -0.2) is 67.0 Å². The number of nitrogens with one attached hydrogen (secondary N) is 1. The smallest absolute Gasteiger partial charge is 0.407 e. The summed E-state index contributed by atoms with van der Waals surface area (Å²) in [4.78, 5) is 31.2. The van der Waals surface area contributed by atoms with Crippen molar-refractivity contribution in [2.45, 2.75) is 36.4 Å².